The Labute approximate surface area is 476 Å². The van der Waals surface area contributed by atoms with Crippen LogP contribution >= 0.6 is 11.3 Å². The molecule has 0 saturated heterocycles. The summed E-state index contributed by atoms with van der Waals surface area (Å²) in [4.78, 5) is 7.91. The molecule has 0 fully saturated rings. The molecule has 5 heteroatoms. The lowest BCUT2D eigenvalue weighted by Gasteiger charge is -2.47. The van der Waals surface area contributed by atoms with Gasteiger partial charge in [-0.25, -0.2) is 0 Å². The maximum atomic E-state index is 2.72. The molecule has 3 nitrogen and oxygen atoms in total. The first-order chi connectivity index (χ1) is 37.4. The van der Waals surface area contributed by atoms with Crippen LogP contribution in [0.25, 0.3) is 21.2 Å². The van der Waals surface area contributed by atoms with Gasteiger partial charge in [0.15, 0.2) is 0 Å². The SMILES string of the molecule is CC(C)(C)c1ccc(N2c3cc(N(c4ccccc4)c4ccccc4)cc4c3B(c3cc5c(cc3N4c3ccc(C(C)(C)C)cc3-c3ccccc3)C(C)(C)CCC5(C)C)c3sc4cc5c(cc4c32)C(C)(C)CCC5(C)C)cc1. The van der Waals surface area contributed by atoms with Crippen molar-refractivity contribution >= 4 is 95.0 Å². The van der Waals surface area contributed by atoms with Crippen molar-refractivity contribution in [1.29, 1.82) is 0 Å². The molecule has 0 saturated carbocycles. The van der Waals surface area contributed by atoms with Gasteiger partial charge in [0.2, 0.25) is 0 Å². The molecule has 1 aromatic heterocycles. The highest BCUT2D eigenvalue weighted by molar-refractivity contribution is 7.33. The minimum absolute atomic E-state index is 0.00114. The van der Waals surface area contributed by atoms with Gasteiger partial charge in [0.05, 0.1) is 17.1 Å². The summed E-state index contributed by atoms with van der Waals surface area (Å²) >= 11 is 2.05. The highest BCUT2D eigenvalue weighted by atomic mass is 32.1. The van der Waals surface area contributed by atoms with E-state index in [1.54, 1.807) is 0 Å². The molecule has 79 heavy (non-hydrogen) atoms. The summed E-state index contributed by atoms with van der Waals surface area (Å²) in [6.45, 7) is 33.9. The summed E-state index contributed by atoms with van der Waals surface area (Å²) in [5.41, 5.74) is 24.7. The summed E-state index contributed by atoms with van der Waals surface area (Å²) < 4.78 is 2.81. The van der Waals surface area contributed by atoms with E-state index in [1.807, 2.05) is 0 Å². The van der Waals surface area contributed by atoms with Crippen LogP contribution in [-0.4, -0.2) is 6.71 Å². The molecule has 4 aliphatic rings. The van der Waals surface area contributed by atoms with Gasteiger partial charge in [-0.05, 0) is 187 Å². The lowest BCUT2D eigenvalue weighted by atomic mass is 9.35. The van der Waals surface area contributed by atoms with Gasteiger partial charge in [-0.2, -0.15) is 0 Å². The highest BCUT2D eigenvalue weighted by Crippen LogP contribution is 2.56. The maximum Gasteiger partial charge on any atom is 0.264 e. The molecule has 0 amide bonds. The minimum Gasteiger partial charge on any atom is -0.311 e. The fourth-order valence-corrected chi connectivity index (χ4v) is 15.3. The number of nitrogens with zero attached hydrogens (tertiary/aromatic N) is 3. The minimum atomic E-state index is -0.0587. The van der Waals surface area contributed by atoms with E-state index in [-0.39, 0.29) is 39.2 Å². The number of benzene rings is 8. The Hall–Kier alpha value is -6.82. The number of fused-ring (bicyclic) bond motifs is 8. The summed E-state index contributed by atoms with van der Waals surface area (Å²) in [5, 5.41) is 1.36. The van der Waals surface area contributed by atoms with E-state index in [4.69, 9.17) is 0 Å². The molecule has 0 spiro atoms. The van der Waals surface area contributed by atoms with Crippen LogP contribution in [0.15, 0.2) is 170 Å². The van der Waals surface area contributed by atoms with Gasteiger partial charge in [-0.1, -0.05) is 188 Å². The molecular weight excluding hydrogens is 974 g/mol. The Morgan fingerprint density at radius 2 is 0.924 bits per heavy atom. The summed E-state index contributed by atoms with van der Waals surface area (Å²) in [5.74, 6) is 0. The first kappa shape index (κ1) is 51.6. The second kappa shape index (κ2) is 17.8. The summed E-state index contributed by atoms with van der Waals surface area (Å²) in [7, 11) is 0. The number of hydrogen-bond acceptors (Lipinski definition) is 4. The quantitative estimate of drug-likeness (QED) is 0.154. The highest BCUT2D eigenvalue weighted by Gasteiger charge is 2.49. The predicted molar refractivity (Wildman–Crippen MR) is 344 cm³/mol. The summed E-state index contributed by atoms with van der Waals surface area (Å²) in [6, 6.07) is 66.0. The Morgan fingerprint density at radius 3 is 1.47 bits per heavy atom. The van der Waals surface area contributed by atoms with Crippen LogP contribution < -0.4 is 30.4 Å². The average molecular weight is 1050 g/mol. The van der Waals surface area contributed by atoms with Gasteiger partial charge in [0.25, 0.3) is 6.71 Å². The lowest BCUT2D eigenvalue weighted by Crippen LogP contribution is -2.61. The topological polar surface area (TPSA) is 9.72 Å². The van der Waals surface area contributed by atoms with E-state index in [0.717, 1.165) is 36.3 Å². The molecule has 2 aliphatic carbocycles. The molecule has 9 aromatic rings. The molecule has 0 radical (unpaired) electrons. The van der Waals surface area contributed by atoms with Crippen LogP contribution in [0.4, 0.5) is 51.2 Å². The normalized spacial score (nSPS) is 17.4. The fourth-order valence-electron chi connectivity index (χ4n) is 14.0. The first-order valence-corrected chi connectivity index (χ1v) is 30.0. The Morgan fingerprint density at radius 1 is 0.443 bits per heavy atom. The van der Waals surface area contributed by atoms with Gasteiger partial charge in [0, 0.05) is 54.6 Å². The van der Waals surface area contributed by atoms with Crippen molar-refractivity contribution < 1.29 is 0 Å². The number of para-hydroxylation sites is 2. The first-order valence-electron chi connectivity index (χ1n) is 29.2. The fraction of sp³-hybridized carbons (Fsp3) is 0.324. The van der Waals surface area contributed by atoms with Crippen LogP contribution in [0.2, 0.25) is 0 Å². The molecule has 0 atom stereocenters. The zero-order valence-corrected chi connectivity index (χ0v) is 50.1. The van der Waals surface area contributed by atoms with Gasteiger partial charge < -0.3 is 14.7 Å². The third kappa shape index (κ3) is 8.34. The van der Waals surface area contributed by atoms with Crippen LogP contribution in [0.5, 0.6) is 0 Å². The number of thiophene rings is 1. The number of anilines is 9. The smallest absolute Gasteiger partial charge is 0.264 e. The number of rotatable bonds is 6. The van der Waals surface area contributed by atoms with E-state index >= 15 is 0 Å². The van der Waals surface area contributed by atoms with E-state index in [2.05, 4.69) is 293 Å². The lowest BCUT2D eigenvalue weighted by molar-refractivity contribution is 0.332. The van der Waals surface area contributed by atoms with Crippen molar-refractivity contribution in [3.63, 3.8) is 0 Å². The molecule has 0 N–H and O–H groups in total. The van der Waals surface area contributed by atoms with Gasteiger partial charge >= 0.3 is 0 Å². The molecule has 3 heterocycles. The van der Waals surface area contributed by atoms with E-state index in [0.29, 0.717) is 0 Å². The van der Waals surface area contributed by atoms with Crippen LogP contribution in [0, 0.1) is 0 Å². The van der Waals surface area contributed by atoms with Crippen molar-refractivity contribution in [1.82, 2.24) is 0 Å². The average Bonchev–Trinajstić information content (AvgIpc) is 3.81. The molecule has 2 aliphatic heterocycles. The molecule has 8 aromatic carbocycles. The molecule has 398 valence electrons. The molecular formula is C74H78BN3S. The Balaban J connectivity index is 1.23. The van der Waals surface area contributed by atoms with Crippen molar-refractivity contribution in [3.05, 3.63) is 203 Å². The largest absolute Gasteiger partial charge is 0.311 e. The second-order valence-electron chi connectivity index (χ2n) is 28.4. The molecule has 0 bridgehead atoms. The maximum absolute atomic E-state index is 2.72. The standard InChI is InChI=1S/C74H78BN3S/c1-69(2,3)48-30-33-52(34-31-48)77-63-41-53(76(50-26-20-16-21-27-50)51-28-22-17-23-29-51)42-64-66(63)75(68-67(77)55-43-56-59(46-65(55)79-68)74(13,14)39-36-71(56,7)8)60-44-57-58(73(11,12)38-37-72(57,9)10)45-62(60)78(64)61-35-32-49(70(4,5)6)40-54(61)47-24-18-15-19-25-47/h15-35,40-46H,36-39H2,1-14H3. The van der Waals surface area contributed by atoms with Crippen LogP contribution in [0.1, 0.15) is 156 Å². The monoisotopic (exact) mass is 1050 g/mol. The van der Waals surface area contributed by atoms with Crippen LogP contribution in [-0.2, 0) is 32.5 Å². The van der Waals surface area contributed by atoms with Crippen molar-refractivity contribution in [2.24, 2.45) is 0 Å². The van der Waals surface area contributed by atoms with Gasteiger partial charge in [-0.15, -0.1) is 11.3 Å². The third-order valence-electron chi connectivity index (χ3n) is 19.1. The third-order valence-corrected chi connectivity index (χ3v) is 20.3. The predicted octanol–water partition coefficient (Wildman–Crippen LogP) is 19.4. The Kier molecular flexibility index (Phi) is 11.7. The van der Waals surface area contributed by atoms with E-state index in [1.165, 1.54) is 111 Å². The second-order valence-corrected chi connectivity index (χ2v) is 29.4. The van der Waals surface area contributed by atoms with Crippen molar-refractivity contribution in [2.45, 2.75) is 155 Å². The van der Waals surface area contributed by atoms with Crippen molar-refractivity contribution in [3.8, 4) is 11.1 Å². The Bertz CT molecular complexity index is 3830. The van der Waals surface area contributed by atoms with E-state index < -0.39 is 0 Å². The van der Waals surface area contributed by atoms with E-state index in [9.17, 15) is 0 Å². The molecule has 13 rings (SSSR count). The molecule has 0 unspecified atom stereocenters. The van der Waals surface area contributed by atoms with Gasteiger partial charge in [-0.3, -0.25) is 0 Å². The van der Waals surface area contributed by atoms with Crippen molar-refractivity contribution in [2.75, 3.05) is 14.7 Å². The number of hydrogen-bond donors (Lipinski definition) is 0. The summed E-state index contributed by atoms with van der Waals surface area (Å²) in [6.07, 6.45) is 4.63. The zero-order valence-electron chi connectivity index (χ0n) is 49.3. The van der Waals surface area contributed by atoms with Gasteiger partial charge in [0.1, 0.15) is 0 Å². The zero-order chi connectivity index (χ0) is 55.3. The van der Waals surface area contributed by atoms with Crippen LogP contribution in [0.3, 0.4) is 0 Å².